The number of carbonyl (C=O) groups is 3. The number of piperidine rings is 1. The number of hydrogen-bond acceptors (Lipinski definition) is 4. The molecule has 2 N–H and O–H groups in total. The third-order valence-electron chi connectivity index (χ3n) is 3.85. The fraction of sp³-hybridized carbons (Fsp3) is 0.769. The molecule has 0 aromatic carbocycles. The number of amides is 4. The van der Waals surface area contributed by atoms with Crippen LogP contribution in [0.15, 0.2) is 0 Å². The number of carbonyl (C=O) groups excluding carboxylic acids is 3. The Bertz CT molecular complexity index is 391. The zero-order chi connectivity index (χ0) is 14.5. The first-order chi connectivity index (χ1) is 9.60. The van der Waals surface area contributed by atoms with Gasteiger partial charge in [0.1, 0.15) is 6.04 Å². The van der Waals surface area contributed by atoms with Crippen molar-refractivity contribution in [2.75, 3.05) is 26.8 Å². The third-order valence-corrected chi connectivity index (χ3v) is 3.85. The first-order valence-electron chi connectivity index (χ1n) is 6.98. The molecule has 0 aromatic heterocycles. The van der Waals surface area contributed by atoms with Crippen molar-refractivity contribution in [1.29, 1.82) is 0 Å². The molecule has 2 rings (SSSR count). The average Bonchev–Trinajstić information content (AvgIpc) is 2.60. The third kappa shape index (κ3) is 3.69. The molecule has 7 heteroatoms. The van der Waals surface area contributed by atoms with Crippen LogP contribution in [-0.2, 0) is 14.3 Å². The molecule has 0 spiro atoms. The first-order valence-corrected chi connectivity index (χ1v) is 6.98. The van der Waals surface area contributed by atoms with Crippen molar-refractivity contribution in [1.82, 2.24) is 15.5 Å². The van der Waals surface area contributed by atoms with Gasteiger partial charge in [-0.1, -0.05) is 0 Å². The summed E-state index contributed by atoms with van der Waals surface area (Å²) in [7, 11) is 1.68. The van der Waals surface area contributed by atoms with Gasteiger partial charge in [-0.05, 0) is 25.2 Å². The van der Waals surface area contributed by atoms with E-state index in [9.17, 15) is 14.4 Å². The standard InChI is InChI=1S/C13H21N3O4/c1-20-8-9-4-6-16(7-5-9)12(18)10-2-3-11(17)15-13(19)14-10/h9-10H,2-8H2,1H3,(H2,14,15,17,19)/t10-/m1/s1. The Kier molecular flexibility index (Phi) is 4.94. The zero-order valence-corrected chi connectivity index (χ0v) is 11.7. The lowest BCUT2D eigenvalue weighted by Crippen LogP contribution is -2.51. The summed E-state index contributed by atoms with van der Waals surface area (Å²) in [6.07, 6.45) is 2.37. The van der Waals surface area contributed by atoms with E-state index in [1.165, 1.54) is 0 Å². The number of ether oxygens (including phenoxy) is 1. The van der Waals surface area contributed by atoms with Gasteiger partial charge in [0.2, 0.25) is 11.8 Å². The van der Waals surface area contributed by atoms with Crippen LogP contribution in [0.4, 0.5) is 4.79 Å². The number of likely N-dealkylation sites (tertiary alicyclic amines) is 1. The van der Waals surface area contributed by atoms with Crippen molar-refractivity contribution >= 4 is 17.8 Å². The summed E-state index contributed by atoms with van der Waals surface area (Å²) < 4.78 is 5.13. The van der Waals surface area contributed by atoms with E-state index in [2.05, 4.69) is 10.6 Å². The molecule has 2 aliphatic rings. The van der Waals surface area contributed by atoms with E-state index in [0.29, 0.717) is 25.4 Å². The number of nitrogens with zero attached hydrogens (tertiary/aromatic N) is 1. The van der Waals surface area contributed by atoms with Crippen molar-refractivity contribution < 1.29 is 19.1 Å². The van der Waals surface area contributed by atoms with Gasteiger partial charge in [0.25, 0.3) is 0 Å². The van der Waals surface area contributed by atoms with Gasteiger partial charge in [0.05, 0.1) is 0 Å². The summed E-state index contributed by atoms with van der Waals surface area (Å²) in [5.74, 6) is 0.0679. The first kappa shape index (κ1) is 14.8. The second kappa shape index (κ2) is 6.69. The number of nitrogens with one attached hydrogen (secondary N) is 2. The lowest BCUT2D eigenvalue weighted by atomic mass is 9.97. The molecule has 2 saturated heterocycles. The minimum Gasteiger partial charge on any atom is -0.384 e. The van der Waals surface area contributed by atoms with E-state index in [4.69, 9.17) is 4.74 Å². The van der Waals surface area contributed by atoms with Crippen LogP contribution in [0.5, 0.6) is 0 Å². The molecule has 0 aromatic rings. The van der Waals surface area contributed by atoms with Crippen LogP contribution in [0, 0.1) is 5.92 Å². The molecule has 7 nitrogen and oxygen atoms in total. The highest BCUT2D eigenvalue weighted by atomic mass is 16.5. The van der Waals surface area contributed by atoms with Gasteiger partial charge in [-0.2, -0.15) is 0 Å². The van der Waals surface area contributed by atoms with Crippen LogP contribution in [0.3, 0.4) is 0 Å². The normalized spacial score (nSPS) is 24.9. The molecule has 4 amide bonds. The van der Waals surface area contributed by atoms with Crippen LogP contribution in [0.1, 0.15) is 25.7 Å². The van der Waals surface area contributed by atoms with Crippen molar-refractivity contribution in [3.63, 3.8) is 0 Å². The van der Waals surface area contributed by atoms with E-state index in [0.717, 1.165) is 19.4 Å². The van der Waals surface area contributed by atoms with Crippen molar-refractivity contribution in [2.24, 2.45) is 5.92 Å². The van der Waals surface area contributed by atoms with Crippen LogP contribution in [0.25, 0.3) is 0 Å². The van der Waals surface area contributed by atoms with E-state index in [-0.39, 0.29) is 18.2 Å². The molecular weight excluding hydrogens is 262 g/mol. The predicted octanol–water partition coefficient (Wildman–Crippen LogP) is -0.140. The number of urea groups is 1. The Labute approximate surface area is 118 Å². The zero-order valence-electron chi connectivity index (χ0n) is 11.7. The van der Waals surface area contributed by atoms with E-state index in [1.54, 1.807) is 12.0 Å². The molecule has 20 heavy (non-hydrogen) atoms. The lowest BCUT2D eigenvalue weighted by Gasteiger charge is -2.33. The molecule has 0 radical (unpaired) electrons. The fourth-order valence-electron chi connectivity index (χ4n) is 2.69. The molecule has 2 heterocycles. The Hall–Kier alpha value is -1.63. The second-order valence-electron chi connectivity index (χ2n) is 5.34. The van der Waals surface area contributed by atoms with Crippen LogP contribution in [-0.4, -0.2) is 55.6 Å². The quantitative estimate of drug-likeness (QED) is 0.754. The topological polar surface area (TPSA) is 87.7 Å². The van der Waals surface area contributed by atoms with Crippen molar-refractivity contribution in [3.8, 4) is 0 Å². The average molecular weight is 283 g/mol. The van der Waals surface area contributed by atoms with E-state index in [1.807, 2.05) is 0 Å². The van der Waals surface area contributed by atoms with Gasteiger partial charge in [-0.25, -0.2) is 4.79 Å². The summed E-state index contributed by atoms with van der Waals surface area (Å²) in [5, 5.41) is 4.73. The second-order valence-corrected chi connectivity index (χ2v) is 5.34. The molecule has 0 bridgehead atoms. The van der Waals surface area contributed by atoms with Crippen LogP contribution >= 0.6 is 0 Å². The number of hydrogen-bond donors (Lipinski definition) is 2. The van der Waals surface area contributed by atoms with Crippen molar-refractivity contribution in [2.45, 2.75) is 31.7 Å². The number of methoxy groups -OCH3 is 1. The van der Waals surface area contributed by atoms with Crippen LogP contribution < -0.4 is 10.6 Å². The molecule has 0 saturated carbocycles. The molecule has 2 fully saturated rings. The maximum atomic E-state index is 12.4. The fourth-order valence-corrected chi connectivity index (χ4v) is 2.69. The number of imide groups is 1. The summed E-state index contributed by atoms with van der Waals surface area (Å²) >= 11 is 0. The maximum absolute atomic E-state index is 12.4. The Balaban J connectivity index is 1.88. The monoisotopic (exact) mass is 283 g/mol. The van der Waals surface area contributed by atoms with Gasteiger partial charge in [0, 0.05) is 33.2 Å². The number of rotatable bonds is 3. The molecule has 2 aliphatic heterocycles. The Morgan fingerprint density at radius 1 is 1.30 bits per heavy atom. The Morgan fingerprint density at radius 3 is 2.65 bits per heavy atom. The SMILES string of the molecule is COCC1CCN(C(=O)[C@H]2CCC(=O)NC(=O)N2)CC1. The summed E-state index contributed by atoms with van der Waals surface area (Å²) in [6.45, 7) is 2.09. The molecule has 0 aliphatic carbocycles. The Morgan fingerprint density at radius 2 is 2.00 bits per heavy atom. The predicted molar refractivity (Wildman–Crippen MR) is 70.9 cm³/mol. The maximum Gasteiger partial charge on any atom is 0.322 e. The summed E-state index contributed by atoms with van der Waals surface area (Å²) in [5.41, 5.74) is 0. The highest BCUT2D eigenvalue weighted by Crippen LogP contribution is 2.19. The van der Waals surface area contributed by atoms with Crippen LogP contribution in [0.2, 0.25) is 0 Å². The largest absolute Gasteiger partial charge is 0.384 e. The smallest absolute Gasteiger partial charge is 0.322 e. The highest BCUT2D eigenvalue weighted by Gasteiger charge is 2.31. The van der Waals surface area contributed by atoms with Crippen molar-refractivity contribution in [3.05, 3.63) is 0 Å². The molecule has 1 atom stereocenters. The molecular formula is C13H21N3O4. The van der Waals surface area contributed by atoms with E-state index < -0.39 is 12.1 Å². The summed E-state index contributed by atoms with van der Waals surface area (Å²) in [4.78, 5) is 36.8. The lowest BCUT2D eigenvalue weighted by molar-refractivity contribution is -0.135. The molecule has 0 unspecified atom stereocenters. The molecule has 112 valence electrons. The van der Waals surface area contributed by atoms with Gasteiger partial charge >= 0.3 is 6.03 Å². The summed E-state index contributed by atoms with van der Waals surface area (Å²) in [6, 6.07) is -1.18. The van der Waals surface area contributed by atoms with Gasteiger partial charge < -0.3 is 15.0 Å². The minimum atomic E-state index is -0.597. The highest BCUT2D eigenvalue weighted by molar-refractivity contribution is 5.98. The van der Waals surface area contributed by atoms with Gasteiger partial charge in [0.15, 0.2) is 0 Å². The van der Waals surface area contributed by atoms with E-state index >= 15 is 0 Å². The van der Waals surface area contributed by atoms with Gasteiger partial charge in [-0.3, -0.25) is 14.9 Å². The minimum absolute atomic E-state index is 0.0919. The van der Waals surface area contributed by atoms with Gasteiger partial charge in [-0.15, -0.1) is 0 Å².